The monoisotopic (exact) mass is 232 g/mol. The average molecular weight is 233 g/mol. The van der Waals surface area contributed by atoms with Gasteiger partial charge in [0.15, 0.2) is 0 Å². The second kappa shape index (κ2) is 4.45. The van der Waals surface area contributed by atoms with Crippen molar-refractivity contribution in [1.29, 1.82) is 0 Å². The minimum Gasteiger partial charge on any atom is -0.233 e. The van der Waals surface area contributed by atoms with Crippen LogP contribution in [0.25, 0.3) is 0 Å². The molecule has 0 saturated heterocycles. The first-order valence-electron chi connectivity index (χ1n) is 3.60. The quantitative estimate of drug-likeness (QED) is 0.694. The fourth-order valence-corrected chi connectivity index (χ4v) is 1.15. The first kappa shape index (κ1) is 11.0. The van der Waals surface area contributed by atoms with Crippen LogP contribution in [0.15, 0.2) is 24.3 Å². The maximum Gasteiger partial charge on any atom is 0.246 e. The summed E-state index contributed by atoms with van der Waals surface area (Å²) in [6.07, 6.45) is 0. The van der Waals surface area contributed by atoms with Crippen LogP contribution in [0.3, 0.4) is 0 Å². The van der Waals surface area contributed by atoms with Gasteiger partial charge in [0.05, 0.1) is 0 Å². The molecular weight excluding hydrogens is 227 g/mol. The van der Waals surface area contributed by atoms with Gasteiger partial charge in [-0.05, 0) is 30.2 Å². The Morgan fingerprint density at radius 3 is 2.36 bits per heavy atom. The number of hydrogen-bond donors (Lipinski definition) is 0. The van der Waals surface area contributed by atoms with Gasteiger partial charge in [-0.25, -0.2) is 12.8 Å². The van der Waals surface area contributed by atoms with Gasteiger partial charge in [-0.2, -0.15) is 0 Å². The van der Waals surface area contributed by atoms with E-state index in [1.54, 1.807) is 24.3 Å². The second-order valence-electron chi connectivity index (χ2n) is 2.46. The largest absolute Gasteiger partial charge is 0.246 e. The van der Waals surface area contributed by atoms with Gasteiger partial charge in [-0.15, -0.1) is 0 Å². The van der Waals surface area contributed by atoms with E-state index < -0.39 is 15.8 Å². The zero-order valence-electron chi connectivity index (χ0n) is 7.00. The van der Waals surface area contributed by atoms with E-state index in [4.69, 9.17) is 11.6 Å². The molecule has 14 heavy (non-hydrogen) atoms. The summed E-state index contributed by atoms with van der Waals surface area (Å²) in [5, 5.41) is 2.38. The summed E-state index contributed by atoms with van der Waals surface area (Å²) in [4.78, 5) is 0. The highest BCUT2D eigenvalue weighted by atomic mass is 35.5. The summed E-state index contributed by atoms with van der Waals surface area (Å²) in [5.74, 6) is 2.33. The highest BCUT2D eigenvalue weighted by Gasteiger charge is 2.02. The Labute approximate surface area is 86.6 Å². The Morgan fingerprint density at radius 1 is 1.29 bits per heavy atom. The van der Waals surface area contributed by atoms with Crippen LogP contribution < -0.4 is 0 Å². The topological polar surface area (TPSA) is 34.1 Å². The molecule has 1 aromatic carbocycles. The van der Waals surface area contributed by atoms with Crippen molar-refractivity contribution in [2.45, 2.75) is 0 Å². The minimum atomic E-state index is -3.89. The Hall–Kier alpha value is -1.05. The lowest BCUT2D eigenvalue weighted by atomic mass is 10.2. The normalized spacial score (nSPS) is 10.4. The zero-order chi connectivity index (χ0) is 10.6. The van der Waals surface area contributed by atoms with Crippen LogP contribution in [0.2, 0.25) is 5.02 Å². The Kier molecular flexibility index (Phi) is 3.50. The van der Waals surface area contributed by atoms with Crippen molar-refractivity contribution in [3.05, 3.63) is 34.9 Å². The van der Waals surface area contributed by atoms with Crippen LogP contribution in [0.1, 0.15) is 5.56 Å². The Balaban J connectivity index is 2.94. The number of benzene rings is 1. The third-order valence-corrected chi connectivity index (χ3v) is 2.29. The van der Waals surface area contributed by atoms with Gasteiger partial charge in [-0.1, -0.05) is 11.6 Å². The number of alkyl halides is 1. The van der Waals surface area contributed by atoms with Crippen LogP contribution in [0.4, 0.5) is 4.39 Å². The highest BCUT2D eigenvalue weighted by molar-refractivity contribution is 7.95. The third-order valence-electron chi connectivity index (χ3n) is 1.34. The zero-order valence-corrected chi connectivity index (χ0v) is 8.57. The molecule has 1 aromatic rings. The molecule has 0 unspecified atom stereocenters. The highest BCUT2D eigenvalue weighted by Crippen LogP contribution is 2.08. The molecule has 0 radical (unpaired) electrons. The molecule has 0 aliphatic rings. The van der Waals surface area contributed by atoms with E-state index in [1.807, 2.05) is 5.25 Å². The number of sulfone groups is 1. The molecule has 5 heteroatoms. The first-order valence-corrected chi connectivity index (χ1v) is 5.63. The maximum absolute atomic E-state index is 11.8. The van der Waals surface area contributed by atoms with Crippen molar-refractivity contribution in [2.75, 3.05) is 6.01 Å². The molecule has 0 N–H and O–H groups in total. The molecule has 0 aliphatic heterocycles. The summed E-state index contributed by atoms with van der Waals surface area (Å²) < 4.78 is 33.2. The number of hydrogen-bond acceptors (Lipinski definition) is 2. The van der Waals surface area contributed by atoms with Crippen molar-refractivity contribution in [3.63, 3.8) is 0 Å². The molecule has 0 spiro atoms. The molecule has 0 bridgehead atoms. The second-order valence-corrected chi connectivity index (χ2v) is 4.55. The van der Waals surface area contributed by atoms with Crippen molar-refractivity contribution in [2.24, 2.45) is 0 Å². The summed E-state index contributed by atoms with van der Waals surface area (Å²) in [7, 11) is -3.89. The summed E-state index contributed by atoms with van der Waals surface area (Å²) in [6, 6.07) is 4.81. The van der Waals surface area contributed by atoms with E-state index >= 15 is 0 Å². The lowest BCUT2D eigenvalue weighted by Crippen LogP contribution is -1.96. The first-order chi connectivity index (χ1) is 6.53. The SMILES string of the molecule is O=S(=O)(C#Cc1ccc(Cl)cc1)CF. The average Bonchev–Trinajstić information content (AvgIpc) is 2.17. The molecule has 0 fully saturated rings. The minimum absolute atomic E-state index is 0.478. The predicted octanol–water partition coefficient (Wildman–Crippen LogP) is 1.99. The molecular formula is C9H6ClFO2S. The van der Waals surface area contributed by atoms with E-state index in [-0.39, 0.29) is 0 Å². The standard InChI is InChI=1S/C9H6ClFO2S/c10-9-3-1-8(2-4-9)5-6-14(12,13)7-11/h1-4H,7H2. The van der Waals surface area contributed by atoms with E-state index in [2.05, 4.69) is 5.92 Å². The van der Waals surface area contributed by atoms with E-state index in [9.17, 15) is 12.8 Å². The van der Waals surface area contributed by atoms with Gasteiger partial charge in [-0.3, -0.25) is 0 Å². The Bertz CT molecular complexity index is 468. The van der Waals surface area contributed by atoms with E-state index in [0.717, 1.165) is 0 Å². The van der Waals surface area contributed by atoms with Crippen LogP contribution in [0, 0.1) is 11.2 Å². The molecule has 0 saturated carbocycles. The van der Waals surface area contributed by atoms with Crippen LogP contribution in [-0.2, 0) is 9.84 Å². The molecule has 0 heterocycles. The maximum atomic E-state index is 11.8. The summed E-state index contributed by atoms with van der Waals surface area (Å²) in [5.41, 5.74) is 0.478. The van der Waals surface area contributed by atoms with Gasteiger partial charge >= 0.3 is 0 Å². The summed E-state index contributed by atoms with van der Waals surface area (Å²) >= 11 is 5.60. The van der Waals surface area contributed by atoms with Gasteiger partial charge in [0.1, 0.15) is 0 Å². The molecule has 0 aromatic heterocycles. The van der Waals surface area contributed by atoms with Crippen LogP contribution >= 0.6 is 11.6 Å². The van der Waals surface area contributed by atoms with Crippen molar-refractivity contribution in [1.82, 2.24) is 0 Å². The fraction of sp³-hybridized carbons (Fsp3) is 0.111. The fourth-order valence-electron chi connectivity index (χ4n) is 0.697. The summed E-state index contributed by atoms with van der Waals surface area (Å²) in [6.45, 7) is 0. The van der Waals surface area contributed by atoms with Crippen LogP contribution in [-0.4, -0.2) is 14.4 Å². The predicted molar refractivity (Wildman–Crippen MR) is 53.2 cm³/mol. The molecule has 0 aliphatic carbocycles. The molecule has 0 amide bonds. The van der Waals surface area contributed by atoms with Crippen molar-refractivity contribution in [3.8, 4) is 11.2 Å². The van der Waals surface area contributed by atoms with E-state index in [1.165, 1.54) is 0 Å². The number of halogens is 2. The third kappa shape index (κ3) is 3.36. The Morgan fingerprint density at radius 2 is 1.86 bits per heavy atom. The van der Waals surface area contributed by atoms with E-state index in [0.29, 0.717) is 10.6 Å². The molecule has 1 rings (SSSR count). The van der Waals surface area contributed by atoms with Crippen molar-refractivity contribution >= 4 is 21.4 Å². The molecule has 0 atom stereocenters. The van der Waals surface area contributed by atoms with Gasteiger partial charge in [0.25, 0.3) is 0 Å². The molecule has 74 valence electrons. The lowest BCUT2D eigenvalue weighted by molar-refractivity contribution is 0.543. The smallest absolute Gasteiger partial charge is 0.233 e. The van der Waals surface area contributed by atoms with Gasteiger partial charge in [0, 0.05) is 15.8 Å². The van der Waals surface area contributed by atoms with Crippen molar-refractivity contribution < 1.29 is 12.8 Å². The lowest BCUT2D eigenvalue weighted by Gasteiger charge is -1.89. The van der Waals surface area contributed by atoms with Crippen LogP contribution in [0.5, 0.6) is 0 Å². The van der Waals surface area contributed by atoms with Gasteiger partial charge in [0.2, 0.25) is 15.8 Å². The number of rotatable bonds is 1. The van der Waals surface area contributed by atoms with Gasteiger partial charge < -0.3 is 0 Å². The molecule has 2 nitrogen and oxygen atoms in total.